The minimum absolute atomic E-state index is 0.0573. The van der Waals surface area contributed by atoms with Crippen molar-refractivity contribution >= 4 is 33.8 Å². The molecule has 34 heavy (non-hydrogen) atoms. The number of pyridine rings is 1. The van der Waals surface area contributed by atoms with Gasteiger partial charge in [-0.15, -0.1) is 0 Å². The summed E-state index contributed by atoms with van der Waals surface area (Å²) in [5.41, 5.74) is 4.23. The lowest BCUT2D eigenvalue weighted by Crippen LogP contribution is -2.15. The van der Waals surface area contributed by atoms with Gasteiger partial charge in [-0.2, -0.15) is 0 Å². The zero-order chi connectivity index (χ0) is 24.1. The van der Waals surface area contributed by atoms with Crippen molar-refractivity contribution in [3.63, 3.8) is 0 Å². The number of imidazole rings is 1. The molecular formula is C24H23BrN4O5. The number of ether oxygens (including phenoxy) is 3. The smallest absolute Gasteiger partial charge is 0.435 e. The minimum atomic E-state index is -0.884. The van der Waals surface area contributed by atoms with Gasteiger partial charge in [0.1, 0.15) is 11.9 Å². The van der Waals surface area contributed by atoms with Gasteiger partial charge in [0.2, 0.25) is 6.79 Å². The molecular weight excluding hydrogens is 504 g/mol. The van der Waals surface area contributed by atoms with E-state index in [1.54, 1.807) is 19.3 Å². The Morgan fingerprint density at radius 2 is 1.97 bits per heavy atom. The average Bonchev–Trinajstić information content (AvgIpc) is 3.14. The molecule has 0 fully saturated rings. The van der Waals surface area contributed by atoms with E-state index in [0.29, 0.717) is 12.1 Å². The topological polar surface area (TPSA) is 105 Å². The quantitative estimate of drug-likeness (QED) is 0.325. The van der Waals surface area contributed by atoms with Crippen LogP contribution < -0.4 is 0 Å². The average molecular weight is 527 g/mol. The first-order valence-corrected chi connectivity index (χ1v) is 11.6. The van der Waals surface area contributed by atoms with Gasteiger partial charge in [-0.1, -0.05) is 22.0 Å². The van der Waals surface area contributed by atoms with Crippen LogP contribution in [-0.2, 0) is 19.0 Å². The third-order valence-corrected chi connectivity index (χ3v) is 5.68. The standard InChI is InChI=1S/C24H23BrN4O5/c1-3-32-24(31)34-14-33-21(30)10-8-19-23-27-13-15(2)29(23)20-9-7-16(25)12-17(20)22(28-19)18-6-4-5-11-26-18/h4-7,9,11-13,19H,3,8,10,14H2,1-2H3. The van der Waals surface area contributed by atoms with Crippen molar-refractivity contribution < 1.29 is 23.8 Å². The first-order valence-electron chi connectivity index (χ1n) is 10.8. The summed E-state index contributed by atoms with van der Waals surface area (Å²) in [5.74, 6) is 0.209. The maximum absolute atomic E-state index is 12.3. The van der Waals surface area contributed by atoms with Crippen LogP contribution in [0.3, 0.4) is 0 Å². The molecule has 0 spiro atoms. The van der Waals surface area contributed by atoms with Crippen LogP contribution in [0.25, 0.3) is 5.69 Å². The van der Waals surface area contributed by atoms with Crippen LogP contribution in [0.1, 0.15) is 48.6 Å². The summed E-state index contributed by atoms with van der Waals surface area (Å²) in [6.07, 6.45) is 3.04. The SMILES string of the molecule is CCOC(=O)OCOC(=O)CCC1N=C(c2ccccn2)c2cc(Br)ccc2-n2c(C)cnc21. The molecule has 1 unspecified atom stereocenters. The van der Waals surface area contributed by atoms with Crippen LogP contribution in [0, 0.1) is 6.92 Å². The van der Waals surface area contributed by atoms with Crippen LogP contribution in [-0.4, -0.2) is 45.8 Å². The summed E-state index contributed by atoms with van der Waals surface area (Å²) >= 11 is 3.57. The number of benzene rings is 1. The largest absolute Gasteiger partial charge is 0.511 e. The Bertz CT molecular complexity index is 1230. The molecule has 0 saturated carbocycles. The summed E-state index contributed by atoms with van der Waals surface area (Å²) in [5, 5.41) is 0. The molecule has 1 aromatic carbocycles. The maximum atomic E-state index is 12.3. The van der Waals surface area contributed by atoms with Gasteiger partial charge in [0.15, 0.2) is 0 Å². The molecule has 3 heterocycles. The van der Waals surface area contributed by atoms with Crippen LogP contribution in [0.2, 0.25) is 0 Å². The number of carbonyl (C=O) groups is 2. The molecule has 0 aliphatic carbocycles. The van der Waals surface area contributed by atoms with Crippen LogP contribution in [0.15, 0.2) is 58.3 Å². The molecule has 1 aliphatic heterocycles. The van der Waals surface area contributed by atoms with Crippen molar-refractivity contribution in [3.8, 4) is 5.69 Å². The highest BCUT2D eigenvalue weighted by Gasteiger charge is 2.28. The van der Waals surface area contributed by atoms with Crippen LogP contribution >= 0.6 is 15.9 Å². The molecule has 0 N–H and O–H groups in total. The van der Waals surface area contributed by atoms with E-state index in [4.69, 9.17) is 14.5 Å². The Kier molecular flexibility index (Phi) is 7.36. The lowest BCUT2D eigenvalue weighted by Gasteiger charge is -2.14. The number of rotatable bonds is 7. The molecule has 0 bridgehead atoms. The Hall–Kier alpha value is -3.53. The molecule has 4 rings (SSSR count). The Balaban J connectivity index is 1.62. The van der Waals surface area contributed by atoms with E-state index in [0.717, 1.165) is 32.9 Å². The number of carbonyl (C=O) groups excluding carboxylic acids is 2. The first kappa shape index (κ1) is 23.6. The number of halogens is 1. The van der Waals surface area contributed by atoms with Crippen molar-refractivity contribution in [3.05, 3.63) is 76.0 Å². The molecule has 0 saturated heterocycles. The van der Waals surface area contributed by atoms with E-state index in [-0.39, 0.29) is 13.0 Å². The van der Waals surface area contributed by atoms with Crippen molar-refractivity contribution in [2.75, 3.05) is 13.4 Å². The normalized spacial score (nSPS) is 14.3. The fraction of sp³-hybridized carbons (Fsp3) is 0.292. The fourth-order valence-corrected chi connectivity index (χ4v) is 4.07. The van der Waals surface area contributed by atoms with Gasteiger partial charge in [0.25, 0.3) is 0 Å². The number of hydrogen-bond donors (Lipinski definition) is 0. The van der Waals surface area contributed by atoms with E-state index in [1.165, 1.54) is 0 Å². The maximum Gasteiger partial charge on any atom is 0.511 e. The molecule has 9 nitrogen and oxygen atoms in total. The Labute approximate surface area is 204 Å². The summed E-state index contributed by atoms with van der Waals surface area (Å²) in [6, 6.07) is 11.2. The van der Waals surface area contributed by atoms with Crippen molar-refractivity contribution in [1.29, 1.82) is 0 Å². The van der Waals surface area contributed by atoms with Crippen LogP contribution in [0.5, 0.6) is 0 Å². The number of aryl methyl sites for hydroxylation is 1. The minimum Gasteiger partial charge on any atom is -0.435 e. The third kappa shape index (κ3) is 5.17. The zero-order valence-corrected chi connectivity index (χ0v) is 20.3. The molecule has 10 heteroatoms. The predicted octanol–water partition coefficient (Wildman–Crippen LogP) is 4.68. The zero-order valence-electron chi connectivity index (χ0n) is 18.7. The molecule has 0 radical (unpaired) electrons. The number of aromatic nitrogens is 3. The van der Waals surface area contributed by atoms with Crippen molar-refractivity contribution in [2.24, 2.45) is 4.99 Å². The molecule has 0 amide bonds. The number of aliphatic imine (C=N–C) groups is 1. The number of fused-ring (bicyclic) bond motifs is 3. The van der Waals surface area contributed by atoms with E-state index < -0.39 is 25.0 Å². The highest BCUT2D eigenvalue weighted by Crippen LogP contribution is 2.34. The molecule has 1 aliphatic rings. The number of nitrogens with zero attached hydrogens (tertiary/aromatic N) is 4. The van der Waals surface area contributed by atoms with Gasteiger partial charge < -0.3 is 14.2 Å². The second-order valence-corrected chi connectivity index (χ2v) is 8.38. The highest BCUT2D eigenvalue weighted by atomic mass is 79.9. The third-order valence-electron chi connectivity index (χ3n) is 5.19. The Morgan fingerprint density at radius 3 is 2.74 bits per heavy atom. The summed E-state index contributed by atoms with van der Waals surface area (Å²) in [6.45, 7) is 3.31. The first-order chi connectivity index (χ1) is 16.5. The molecule has 2 aromatic heterocycles. The van der Waals surface area contributed by atoms with E-state index >= 15 is 0 Å². The van der Waals surface area contributed by atoms with E-state index in [1.807, 2.05) is 43.3 Å². The second kappa shape index (κ2) is 10.6. The van der Waals surface area contributed by atoms with Gasteiger partial charge in [-0.25, -0.2) is 9.78 Å². The number of hydrogen-bond acceptors (Lipinski definition) is 8. The molecule has 176 valence electrons. The highest BCUT2D eigenvalue weighted by molar-refractivity contribution is 9.10. The lowest BCUT2D eigenvalue weighted by atomic mass is 10.0. The van der Waals surface area contributed by atoms with Crippen LogP contribution in [0.4, 0.5) is 4.79 Å². The summed E-state index contributed by atoms with van der Waals surface area (Å²) in [4.78, 5) is 37.7. The second-order valence-electron chi connectivity index (χ2n) is 7.46. The van der Waals surface area contributed by atoms with Gasteiger partial charge >= 0.3 is 12.1 Å². The van der Waals surface area contributed by atoms with E-state index in [2.05, 4.69) is 35.2 Å². The van der Waals surface area contributed by atoms with Gasteiger partial charge in [0.05, 0.1) is 23.7 Å². The predicted molar refractivity (Wildman–Crippen MR) is 127 cm³/mol. The number of esters is 1. The monoisotopic (exact) mass is 526 g/mol. The van der Waals surface area contributed by atoms with Crippen molar-refractivity contribution in [1.82, 2.24) is 14.5 Å². The lowest BCUT2D eigenvalue weighted by molar-refractivity contribution is -0.153. The summed E-state index contributed by atoms with van der Waals surface area (Å²) in [7, 11) is 0. The van der Waals surface area contributed by atoms with Gasteiger partial charge in [-0.05, 0) is 50.6 Å². The fourth-order valence-electron chi connectivity index (χ4n) is 3.71. The van der Waals surface area contributed by atoms with E-state index in [9.17, 15) is 9.59 Å². The van der Waals surface area contributed by atoms with Crippen molar-refractivity contribution in [2.45, 2.75) is 32.7 Å². The Morgan fingerprint density at radius 1 is 1.12 bits per heavy atom. The van der Waals surface area contributed by atoms with Gasteiger partial charge in [-0.3, -0.25) is 19.3 Å². The molecule has 3 aromatic rings. The van der Waals surface area contributed by atoms with Gasteiger partial charge in [0, 0.05) is 34.5 Å². The summed E-state index contributed by atoms with van der Waals surface area (Å²) < 4.78 is 17.3. The molecule has 1 atom stereocenters.